The summed E-state index contributed by atoms with van der Waals surface area (Å²) in [6.45, 7) is 3.42. The first-order valence-electron chi connectivity index (χ1n) is 5.22. The van der Waals surface area contributed by atoms with Crippen molar-refractivity contribution in [2.45, 2.75) is 32.8 Å². The first-order chi connectivity index (χ1) is 7.86. The van der Waals surface area contributed by atoms with Crippen LogP contribution in [0.15, 0.2) is 18.2 Å². The molecular formula is C12H13F2NOS. The molecule has 17 heavy (non-hydrogen) atoms. The fourth-order valence-corrected chi connectivity index (χ4v) is 2.45. The SMILES string of the molecule is CC(C)(C)c1nc2ccc(OC(F)F)cc2s1. The van der Waals surface area contributed by atoms with Gasteiger partial charge in [0.05, 0.1) is 15.2 Å². The Kier molecular flexibility index (Phi) is 3.03. The second-order valence-electron chi connectivity index (χ2n) is 4.78. The lowest BCUT2D eigenvalue weighted by Crippen LogP contribution is -2.09. The summed E-state index contributed by atoms with van der Waals surface area (Å²) < 4.78 is 29.4. The molecular weight excluding hydrogens is 244 g/mol. The minimum atomic E-state index is -2.79. The summed E-state index contributed by atoms with van der Waals surface area (Å²) in [5.74, 6) is 0.177. The third-order valence-corrected chi connectivity index (χ3v) is 3.67. The molecule has 0 saturated heterocycles. The average molecular weight is 257 g/mol. The van der Waals surface area contributed by atoms with Gasteiger partial charge in [0.15, 0.2) is 0 Å². The Bertz CT molecular complexity index is 531. The highest BCUT2D eigenvalue weighted by Crippen LogP contribution is 2.33. The van der Waals surface area contributed by atoms with E-state index in [1.807, 2.05) is 0 Å². The summed E-state index contributed by atoms with van der Waals surface area (Å²) in [5, 5.41) is 0.988. The minimum Gasteiger partial charge on any atom is -0.435 e. The van der Waals surface area contributed by atoms with E-state index in [1.165, 1.54) is 17.4 Å². The summed E-state index contributed by atoms with van der Waals surface area (Å²) >= 11 is 1.51. The van der Waals surface area contributed by atoms with Crippen LogP contribution in [0.5, 0.6) is 5.75 Å². The quantitative estimate of drug-likeness (QED) is 0.804. The highest BCUT2D eigenvalue weighted by atomic mass is 32.1. The zero-order valence-corrected chi connectivity index (χ0v) is 10.6. The molecule has 1 heterocycles. The normalized spacial score (nSPS) is 12.4. The van der Waals surface area contributed by atoms with Crippen LogP contribution in [0.25, 0.3) is 10.2 Å². The average Bonchev–Trinajstić information content (AvgIpc) is 2.58. The monoisotopic (exact) mass is 257 g/mol. The van der Waals surface area contributed by atoms with Crippen LogP contribution >= 0.6 is 11.3 Å². The number of rotatable bonds is 2. The molecule has 1 aromatic heterocycles. The lowest BCUT2D eigenvalue weighted by atomic mass is 9.98. The predicted molar refractivity (Wildman–Crippen MR) is 65.0 cm³/mol. The van der Waals surface area contributed by atoms with E-state index in [2.05, 4.69) is 30.5 Å². The van der Waals surface area contributed by atoms with Crippen molar-refractivity contribution in [3.05, 3.63) is 23.2 Å². The van der Waals surface area contributed by atoms with Gasteiger partial charge in [0.1, 0.15) is 5.75 Å². The molecule has 5 heteroatoms. The molecule has 1 aromatic carbocycles. The molecule has 0 aliphatic carbocycles. The standard InChI is InChI=1S/C12H13F2NOS/c1-12(2,3)10-15-8-5-4-7(16-11(13)14)6-9(8)17-10/h4-6,11H,1-3H3. The lowest BCUT2D eigenvalue weighted by molar-refractivity contribution is -0.0497. The highest BCUT2D eigenvalue weighted by Gasteiger charge is 2.19. The van der Waals surface area contributed by atoms with Crippen LogP contribution in [-0.2, 0) is 5.41 Å². The molecule has 0 aliphatic rings. The number of ether oxygens (including phenoxy) is 1. The third-order valence-electron chi connectivity index (χ3n) is 2.23. The van der Waals surface area contributed by atoms with Gasteiger partial charge in [-0.25, -0.2) is 4.98 Å². The molecule has 2 rings (SSSR count). The first kappa shape index (κ1) is 12.2. The molecule has 0 aliphatic heterocycles. The molecule has 0 atom stereocenters. The Morgan fingerprint density at radius 3 is 2.59 bits per heavy atom. The maximum absolute atomic E-state index is 12.1. The summed E-state index contributed by atoms with van der Waals surface area (Å²) in [6, 6.07) is 4.83. The van der Waals surface area contributed by atoms with Gasteiger partial charge in [-0.2, -0.15) is 8.78 Å². The molecule has 0 radical (unpaired) electrons. The Balaban J connectivity index is 2.41. The Morgan fingerprint density at radius 2 is 2.00 bits per heavy atom. The van der Waals surface area contributed by atoms with E-state index >= 15 is 0 Å². The number of halogens is 2. The highest BCUT2D eigenvalue weighted by molar-refractivity contribution is 7.18. The van der Waals surface area contributed by atoms with Gasteiger partial charge in [-0.15, -0.1) is 11.3 Å². The van der Waals surface area contributed by atoms with E-state index in [-0.39, 0.29) is 11.2 Å². The van der Waals surface area contributed by atoms with Crippen LogP contribution in [0.3, 0.4) is 0 Å². The van der Waals surface area contributed by atoms with E-state index in [9.17, 15) is 8.78 Å². The van der Waals surface area contributed by atoms with Crippen molar-refractivity contribution in [2.75, 3.05) is 0 Å². The van der Waals surface area contributed by atoms with Crippen LogP contribution in [-0.4, -0.2) is 11.6 Å². The van der Waals surface area contributed by atoms with Gasteiger partial charge in [-0.05, 0) is 18.2 Å². The number of aromatic nitrogens is 1. The van der Waals surface area contributed by atoms with Crippen LogP contribution in [0.1, 0.15) is 25.8 Å². The number of hydrogen-bond donors (Lipinski definition) is 0. The lowest BCUT2D eigenvalue weighted by Gasteiger charge is -2.13. The maximum Gasteiger partial charge on any atom is 0.387 e. The van der Waals surface area contributed by atoms with Gasteiger partial charge in [0, 0.05) is 5.41 Å². The van der Waals surface area contributed by atoms with Gasteiger partial charge >= 0.3 is 6.61 Å². The molecule has 0 N–H and O–H groups in total. The number of alkyl halides is 2. The second kappa shape index (κ2) is 4.22. The van der Waals surface area contributed by atoms with Gasteiger partial charge in [-0.1, -0.05) is 20.8 Å². The number of nitrogens with zero attached hydrogens (tertiary/aromatic N) is 1. The summed E-state index contributed by atoms with van der Waals surface area (Å²) in [4.78, 5) is 4.48. The molecule has 0 amide bonds. The predicted octanol–water partition coefficient (Wildman–Crippen LogP) is 4.20. The fraction of sp³-hybridized carbons (Fsp3) is 0.417. The minimum absolute atomic E-state index is 0.0343. The molecule has 2 nitrogen and oxygen atoms in total. The van der Waals surface area contributed by atoms with E-state index in [0.717, 1.165) is 15.2 Å². The van der Waals surface area contributed by atoms with E-state index in [0.29, 0.717) is 0 Å². The molecule has 2 aromatic rings. The zero-order chi connectivity index (χ0) is 12.6. The van der Waals surface area contributed by atoms with Gasteiger partial charge in [-0.3, -0.25) is 0 Å². The molecule has 0 bridgehead atoms. The molecule has 0 saturated carbocycles. The summed E-state index contributed by atoms with van der Waals surface area (Å²) in [6.07, 6.45) is 0. The van der Waals surface area contributed by atoms with Crippen LogP contribution in [0.2, 0.25) is 0 Å². The van der Waals surface area contributed by atoms with Gasteiger partial charge in [0.2, 0.25) is 0 Å². The number of fused-ring (bicyclic) bond motifs is 1. The van der Waals surface area contributed by atoms with Crippen molar-refractivity contribution in [1.29, 1.82) is 0 Å². The topological polar surface area (TPSA) is 22.1 Å². The van der Waals surface area contributed by atoms with E-state index < -0.39 is 6.61 Å². The molecule has 0 fully saturated rings. The summed E-state index contributed by atoms with van der Waals surface area (Å²) in [7, 11) is 0. The van der Waals surface area contributed by atoms with Crippen molar-refractivity contribution >= 4 is 21.6 Å². The van der Waals surface area contributed by atoms with Gasteiger partial charge < -0.3 is 4.74 Å². The Morgan fingerprint density at radius 1 is 1.29 bits per heavy atom. The van der Waals surface area contributed by atoms with Crippen molar-refractivity contribution in [2.24, 2.45) is 0 Å². The molecule has 0 unspecified atom stereocenters. The fourth-order valence-electron chi connectivity index (χ4n) is 1.40. The summed E-state index contributed by atoms with van der Waals surface area (Å²) in [5.41, 5.74) is 0.787. The van der Waals surface area contributed by atoms with Crippen LogP contribution in [0, 0.1) is 0 Å². The smallest absolute Gasteiger partial charge is 0.387 e. The van der Waals surface area contributed by atoms with Crippen molar-refractivity contribution in [3.8, 4) is 5.75 Å². The maximum atomic E-state index is 12.1. The van der Waals surface area contributed by atoms with Crippen molar-refractivity contribution in [3.63, 3.8) is 0 Å². The number of hydrogen-bond acceptors (Lipinski definition) is 3. The molecule has 92 valence electrons. The molecule has 0 spiro atoms. The second-order valence-corrected chi connectivity index (χ2v) is 5.81. The zero-order valence-electron chi connectivity index (χ0n) is 9.83. The number of benzene rings is 1. The Labute approximate surface area is 102 Å². The van der Waals surface area contributed by atoms with E-state index in [1.54, 1.807) is 12.1 Å². The van der Waals surface area contributed by atoms with Crippen LogP contribution in [0.4, 0.5) is 8.78 Å². The first-order valence-corrected chi connectivity index (χ1v) is 6.04. The van der Waals surface area contributed by atoms with Gasteiger partial charge in [0.25, 0.3) is 0 Å². The number of thiazole rings is 1. The largest absolute Gasteiger partial charge is 0.435 e. The van der Waals surface area contributed by atoms with E-state index in [4.69, 9.17) is 0 Å². The van der Waals surface area contributed by atoms with Crippen molar-refractivity contribution in [1.82, 2.24) is 4.98 Å². The van der Waals surface area contributed by atoms with Crippen LogP contribution < -0.4 is 4.74 Å². The Hall–Kier alpha value is -1.23. The van der Waals surface area contributed by atoms with Crippen molar-refractivity contribution < 1.29 is 13.5 Å². The third kappa shape index (κ3) is 2.72.